The second kappa shape index (κ2) is 8.84. The number of ether oxygens (including phenoxy) is 1. The van der Waals surface area contributed by atoms with Gasteiger partial charge in [0.05, 0.1) is 23.5 Å². The number of amides is 2. The number of hydrogen-bond acceptors (Lipinski definition) is 5. The molecule has 0 heterocycles. The smallest absolute Gasteiger partial charge is 0.249 e. The van der Waals surface area contributed by atoms with Crippen molar-refractivity contribution >= 4 is 39.6 Å². The molecule has 0 atom stereocenters. The Hall–Kier alpha value is -2.87. The van der Waals surface area contributed by atoms with E-state index in [1.165, 1.54) is 19.4 Å². The molecular weight excluding hydrogens is 390 g/mol. The van der Waals surface area contributed by atoms with Crippen molar-refractivity contribution in [2.75, 3.05) is 12.4 Å². The molecule has 8 heteroatoms. The van der Waals surface area contributed by atoms with Crippen molar-refractivity contribution in [3.05, 3.63) is 52.5 Å². The average Bonchev–Trinajstić information content (AvgIpc) is 2.58. The molecule has 0 aliphatic carbocycles. The number of hydrazone groups is 1. The highest BCUT2D eigenvalue weighted by Crippen LogP contribution is 2.24. The number of carbonyl (C=O) groups excluding carboxylic acids is 2. The molecule has 0 bridgehead atoms. The van der Waals surface area contributed by atoms with E-state index < -0.39 is 11.8 Å². The first-order valence-corrected chi connectivity index (χ1v) is 8.02. The number of carbonyl (C=O) groups is 2. The number of nitrogens with zero attached hydrogens (tertiary/aromatic N) is 1. The predicted molar refractivity (Wildman–Crippen MR) is 97.8 cm³/mol. The van der Waals surface area contributed by atoms with Crippen molar-refractivity contribution in [2.45, 2.75) is 6.42 Å². The largest absolute Gasteiger partial charge is 0.507 e. The minimum absolute atomic E-state index is 0.106. The average molecular weight is 406 g/mol. The molecule has 25 heavy (non-hydrogen) atoms. The van der Waals surface area contributed by atoms with Crippen molar-refractivity contribution in [1.82, 2.24) is 5.43 Å². The van der Waals surface area contributed by atoms with E-state index in [2.05, 4.69) is 31.8 Å². The highest BCUT2D eigenvalue weighted by atomic mass is 79.9. The molecule has 0 spiro atoms. The van der Waals surface area contributed by atoms with Gasteiger partial charge < -0.3 is 15.2 Å². The first-order chi connectivity index (χ1) is 12.0. The van der Waals surface area contributed by atoms with Gasteiger partial charge in [-0.2, -0.15) is 5.10 Å². The highest BCUT2D eigenvalue weighted by Gasteiger charge is 2.11. The lowest BCUT2D eigenvalue weighted by atomic mass is 10.2. The Labute approximate surface area is 152 Å². The molecule has 3 N–H and O–H groups in total. The third kappa shape index (κ3) is 5.61. The number of aromatic hydroxyl groups is 1. The summed E-state index contributed by atoms with van der Waals surface area (Å²) >= 11 is 3.18. The van der Waals surface area contributed by atoms with Gasteiger partial charge in [0.15, 0.2) is 0 Å². The number of phenols is 1. The number of anilines is 1. The van der Waals surface area contributed by atoms with Crippen molar-refractivity contribution in [2.24, 2.45) is 5.10 Å². The number of hydrogen-bond donors (Lipinski definition) is 3. The Kier molecular flexibility index (Phi) is 6.53. The van der Waals surface area contributed by atoms with Crippen LogP contribution in [0.2, 0.25) is 0 Å². The first-order valence-electron chi connectivity index (χ1n) is 7.23. The maximum Gasteiger partial charge on any atom is 0.249 e. The van der Waals surface area contributed by atoms with Crippen molar-refractivity contribution < 1.29 is 19.4 Å². The Balaban J connectivity index is 1.86. The van der Waals surface area contributed by atoms with Crippen molar-refractivity contribution in [3.63, 3.8) is 0 Å². The Morgan fingerprint density at radius 3 is 2.72 bits per heavy atom. The number of benzene rings is 2. The first kappa shape index (κ1) is 18.5. The lowest BCUT2D eigenvalue weighted by Gasteiger charge is -2.09. The molecule has 0 fully saturated rings. The Morgan fingerprint density at radius 2 is 2.00 bits per heavy atom. The van der Waals surface area contributed by atoms with Crippen LogP contribution in [0.15, 0.2) is 52.0 Å². The number of phenolic OH excluding ortho intramolecular Hbond substituents is 1. The van der Waals surface area contributed by atoms with Gasteiger partial charge in [0.1, 0.15) is 17.9 Å². The van der Waals surface area contributed by atoms with E-state index in [0.717, 1.165) is 0 Å². The van der Waals surface area contributed by atoms with Crippen molar-refractivity contribution in [3.8, 4) is 11.5 Å². The highest BCUT2D eigenvalue weighted by molar-refractivity contribution is 9.10. The summed E-state index contributed by atoms with van der Waals surface area (Å²) in [5, 5.41) is 15.8. The minimum Gasteiger partial charge on any atom is -0.507 e. The fraction of sp³-hybridized carbons (Fsp3) is 0.118. The zero-order chi connectivity index (χ0) is 18.2. The number of para-hydroxylation sites is 2. The predicted octanol–water partition coefficient (Wildman–Crippen LogP) is 2.64. The molecule has 2 amide bonds. The van der Waals surface area contributed by atoms with E-state index >= 15 is 0 Å². The van der Waals surface area contributed by atoms with E-state index in [-0.39, 0.29) is 12.2 Å². The van der Waals surface area contributed by atoms with Crippen LogP contribution in [0.5, 0.6) is 11.5 Å². The number of nitrogens with one attached hydrogen (secondary N) is 2. The molecule has 2 aromatic rings. The van der Waals surface area contributed by atoms with Crippen LogP contribution >= 0.6 is 15.9 Å². The van der Waals surface area contributed by atoms with Gasteiger partial charge in [-0.25, -0.2) is 5.43 Å². The van der Waals surface area contributed by atoms with Crippen LogP contribution in [0.4, 0.5) is 5.69 Å². The molecule has 7 nitrogen and oxygen atoms in total. The van der Waals surface area contributed by atoms with Crippen LogP contribution in [-0.2, 0) is 9.59 Å². The summed E-state index contributed by atoms with van der Waals surface area (Å²) < 4.78 is 5.64. The molecule has 0 aliphatic rings. The fourth-order valence-electron chi connectivity index (χ4n) is 1.91. The number of halogens is 1. The maximum absolute atomic E-state index is 11.9. The van der Waals surface area contributed by atoms with Gasteiger partial charge >= 0.3 is 0 Å². The van der Waals surface area contributed by atoms with Gasteiger partial charge in [0.25, 0.3) is 0 Å². The van der Waals surface area contributed by atoms with Gasteiger partial charge in [0.2, 0.25) is 11.8 Å². The summed E-state index contributed by atoms with van der Waals surface area (Å²) in [6.45, 7) is 0. The van der Waals surface area contributed by atoms with E-state index in [4.69, 9.17) is 4.74 Å². The molecule has 0 saturated heterocycles. The van der Waals surface area contributed by atoms with Crippen LogP contribution < -0.4 is 15.5 Å². The third-order valence-corrected chi connectivity index (χ3v) is 3.71. The summed E-state index contributed by atoms with van der Waals surface area (Å²) in [4.78, 5) is 23.6. The van der Waals surface area contributed by atoms with Gasteiger partial charge in [-0.1, -0.05) is 12.1 Å². The molecule has 2 aromatic carbocycles. The molecule has 130 valence electrons. The van der Waals surface area contributed by atoms with Crippen LogP contribution in [0.3, 0.4) is 0 Å². The van der Waals surface area contributed by atoms with E-state index in [0.29, 0.717) is 21.5 Å². The number of rotatable bonds is 6. The summed E-state index contributed by atoms with van der Waals surface area (Å²) in [7, 11) is 1.49. The van der Waals surface area contributed by atoms with Crippen LogP contribution in [0, 0.1) is 0 Å². The second-order valence-corrected chi connectivity index (χ2v) is 5.78. The standard InChI is InChI=1S/C17H16BrN3O4/c1-25-15-5-3-2-4-13(15)20-16(23)9-17(24)21-19-10-11-6-7-14(22)12(18)8-11/h2-8,10,22H,9H2,1H3,(H,20,23)(H,21,24). The summed E-state index contributed by atoms with van der Waals surface area (Å²) in [6.07, 6.45) is 1.02. The molecule has 0 aliphatic heterocycles. The van der Waals surface area contributed by atoms with Gasteiger partial charge in [0, 0.05) is 0 Å². The van der Waals surface area contributed by atoms with Crippen LogP contribution in [-0.4, -0.2) is 30.2 Å². The third-order valence-electron chi connectivity index (χ3n) is 3.08. The lowest BCUT2D eigenvalue weighted by Crippen LogP contribution is -2.24. The van der Waals surface area contributed by atoms with Gasteiger partial charge in [-0.05, 0) is 51.8 Å². The maximum atomic E-state index is 11.9. The summed E-state index contributed by atoms with van der Waals surface area (Å²) in [5.74, 6) is -0.424. The monoisotopic (exact) mass is 405 g/mol. The van der Waals surface area contributed by atoms with Gasteiger partial charge in [-0.15, -0.1) is 0 Å². The number of methoxy groups -OCH3 is 1. The zero-order valence-electron chi connectivity index (χ0n) is 13.3. The normalized spacial score (nSPS) is 10.5. The van der Waals surface area contributed by atoms with Crippen LogP contribution in [0.1, 0.15) is 12.0 Å². The molecule has 2 rings (SSSR count). The summed E-state index contributed by atoms with van der Waals surface area (Å²) in [5.41, 5.74) is 3.43. The van der Waals surface area contributed by atoms with E-state index in [1.807, 2.05) is 0 Å². The van der Waals surface area contributed by atoms with E-state index in [1.54, 1.807) is 36.4 Å². The topological polar surface area (TPSA) is 100 Å². The van der Waals surface area contributed by atoms with Crippen LogP contribution in [0.25, 0.3) is 0 Å². The SMILES string of the molecule is COc1ccccc1NC(=O)CC(=O)NN=Cc1ccc(O)c(Br)c1. The second-order valence-electron chi connectivity index (χ2n) is 4.93. The minimum atomic E-state index is -0.554. The lowest BCUT2D eigenvalue weighted by molar-refractivity contribution is -0.126. The zero-order valence-corrected chi connectivity index (χ0v) is 14.9. The van der Waals surface area contributed by atoms with Gasteiger partial charge in [-0.3, -0.25) is 9.59 Å². The fourth-order valence-corrected chi connectivity index (χ4v) is 2.31. The Morgan fingerprint density at radius 1 is 1.24 bits per heavy atom. The molecule has 0 unspecified atom stereocenters. The molecule has 0 radical (unpaired) electrons. The Bertz CT molecular complexity index is 808. The quantitative estimate of drug-likeness (QED) is 0.390. The van der Waals surface area contributed by atoms with E-state index in [9.17, 15) is 14.7 Å². The molecule has 0 aromatic heterocycles. The molecule has 0 saturated carbocycles. The summed E-state index contributed by atoms with van der Waals surface area (Å²) in [6, 6.07) is 11.7. The molecular formula is C17H16BrN3O4. The van der Waals surface area contributed by atoms with Crippen molar-refractivity contribution in [1.29, 1.82) is 0 Å².